The van der Waals surface area contributed by atoms with E-state index in [1.165, 1.54) is 6.92 Å². The fraction of sp³-hybridized carbons (Fsp3) is 0.500. The molecule has 1 unspecified atom stereocenters. The molecule has 1 aromatic rings. The van der Waals surface area contributed by atoms with Gasteiger partial charge < -0.3 is 10.6 Å². The zero-order valence-corrected chi connectivity index (χ0v) is 9.24. The number of anilines is 2. The lowest BCUT2D eigenvalue weighted by Gasteiger charge is -2.11. The summed E-state index contributed by atoms with van der Waals surface area (Å²) in [5, 5.41) is 13.6. The number of aromatic nitrogens is 2. The highest BCUT2D eigenvalue weighted by Gasteiger charge is 2.01. The summed E-state index contributed by atoms with van der Waals surface area (Å²) in [6.07, 6.45) is 1.02. The summed E-state index contributed by atoms with van der Waals surface area (Å²) in [6.45, 7) is 5.60. The Morgan fingerprint density at radius 2 is 2.00 bits per heavy atom. The average molecular weight is 208 g/mol. The van der Waals surface area contributed by atoms with Crippen molar-refractivity contribution in [2.24, 2.45) is 0 Å². The average Bonchev–Trinajstić information content (AvgIpc) is 2.20. The maximum absolute atomic E-state index is 10.7. The van der Waals surface area contributed by atoms with Crippen LogP contribution in [-0.4, -0.2) is 22.1 Å². The van der Waals surface area contributed by atoms with Crippen LogP contribution in [0.25, 0.3) is 0 Å². The molecule has 0 aliphatic heterocycles. The van der Waals surface area contributed by atoms with Gasteiger partial charge in [0.05, 0.1) is 0 Å². The van der Waals surface area contributed by atoms with Crippen LogP contribution < -0.4 is 10.6 Å². The lowest BCUT2D eigenvalue weighted by atomic mass is 10.2. The van der Waals surface area contributed by atoms with E-state index in [2.05, 4.69) is 34.7 Å². The molecule has 1 atom stereocenters. The Bertz CT molecular complexity index is 323. The molecule has 0 aliphatic rings. The summed E-state index contributed by atoms with van der Waals surface area (Å²) < 4.78 is 0. The topological polar surface area (TPSA) is 66.9 Å². The van der Waals surface area contributed by atoms with Crippen molar-refractivity contribution < 1.29 is 4.79 Å². The number of rotatable bonds is 4. The van der Waals surface area contributed by atoms with Crippen molar-refractivity contribution >= 4 is 17.5 Å². The molecule has 0 fully saturated rings. The molecule has 1 heterocycles. The smallest absolute Gasteiger partial charge is 0.222 e. The highest BCUT2D eigenvalue weighted by molar-refractivity contribution is 5.87. The third kappa shape index (κ3) is 3.93. The zero-order chi connectivity index (χ0) is 11.3. The van der Waals surface area contributed by atoms with Crippen LogP contribution in [0.2, 0.25) is 0 Å². The van der Waals surface area contributed by atoms with Crippen LogP contribution in [0.1, 0.15) is 27.2 Å². The molecule has 0 saturated heterocycles. The Kier molecular flexibility index (Phi) is 4.03. The molecule has 15 heavy (non-hydrogen) atoms. The van der Waals surface area contributed by atoms with Gasteiger partial charge in [0.25, 0.3) is 0 Å². The van der Waals surface area contributed by atoms with Gasteiger partial charge in [0, 0.05) is 13.0 Å². The van der Waals surface area contributed by atoms with Crippen LogP contribution in [0.4, 0.5) is 11.6 Å². The molecule has 0 spiro atoms. The molecule has 1 aromatic heterocycles. The van der Waals surface area contributed by atoms with E-state index in [1.807, 2.05) is 0 Å². The predicted molar refractivity (Wildman–Crippen MR) is 59.7 cm³/mol. The Morgan fingerprint density at radius 1 is 1.40 bits per heavy atom. The molecule has 5 heteroatoms. The minimum Gasteiger partial charge on any atom is -0.366 e. The van der Waals surface area contributed by atoms with Crippen molar-refractivity contribution in [1.29, 1.82) is 0 Å². The molecule has 0 radical (unpaired) electrons. The Balaban J connectivity index is 2.60. The van der Waals surface area contributed by atoms with Gasteiger partial charge in [-0.05, 0) is 25.5 Å². The number of carbonyl (C=O) groups is 1. The molecule has 0 aliphatic carbocycles. The van der Waals surface area contributed by atoms with Gasteiger partial charge >= 0.3 is 0 Å². The third-order valence-corrected chi connectivity index (χ3v) is 1.98. The molecule has 0 saturated carbocycles. The van der Waals surface area contributed by atoms with Gasteiger partial charge in [0.15, 0.2) is 5.82 Å². The van der Waals surface area contributed by atoms with E-state index < -0.39 is 0 Å². The van der Waals surface area contributed by atoms with Gasteiger partial charge in [-0.1, -0.05) is 6.92 Å². The van der Waals surface area contributed by atoms with Crippen LogP contribution >= 0.6 is 0 Å². The first-order chi connectivity index (χ1) is 7.11. The fourth-order valence-corrected chi connectivity index (χ4v) is 1.01. The summed E-state index contributed by atoms with van der Waals surface area (Å²) in [6, 6.07) is 3.88. The zero-order valence-electron chi connectivity index (χ0n) is 9.24. The fourth-order valence-electron chi connectivity index (χ4n) is 1.01. The minimum atomic E-state index is -0.146. The SMILES string of the molecule is CCC(C)Nc1ccc(NC(C)=O)nn1. The molecule has 0 bridgehead atoms. The monoisotopic (exact) mass is 208 g/mol. The first-order valence-corrected chi connectivity index (χ1v) is 4.99. The summed E-state index contributed by atoms with van der Waals surface area (Å²) >= 11 is 0. The number of nitrogens with one attached hydrogen (secondary N) is 2. The van der Waals surface area contributed by atoms with Crippen molar-refractivity contribution in [3.8, 4) is 0 Å². The number of hydrogen-bond acceptors (Lipinski definition) is 4. The van der Waals surface area contributed by atoms with Crippen LogP contribution in [0.3, 0.4) is 0 Å². The lowest BCUT2D eigenvalue weighted by Crippen LogP contribution is -2.15. The Hall–Kier alpha value is -1.65. The standard InChI is InChI=1S/C10H16N4O/c1-4-7(2)11-9-5-6-10(14-13-9)12-8(3)15/h5-7H,4H2,1-3H3,(H,11,13)(H,12,14,15). The van der Waals surface area contributed by atoms with Crippen LogP contribution in [0, 0.1) is 0 Å². The number of hydrogen-bond donors (Lipinski definition) is 2. The lowest BCUT2D eigenvalue weighted by molar-refractivity contribution is -0.114. The van der Waals surface area contributed by atoms with Gasteiger partial charge in [0.2, 0.25) is 5.91 Å². The second-order valence-electron chi connectivity index (χ2n) is 3.44. The predicted octanol–water partition coefficient (Wildman–Crippen LogP) is 1.65. The Morgan fingerprint density at radius 3 is 2.47 bits per heavy atom. The molecule has 1 rings (SSSR count). The normalized spacial score (nSPS) is 11.9. The van der Waals surface area contributed by atoms with Gasteiger partial charge in [0.1, 0.15) is 5.82 Å². The molecule has 0 aromatic carbocycles. The van der Waals surface area contributed by atoms with Gasteiger partial charge in [-0.15, -0.1) is 10.2 Å². The highest BCUT2D eigenvalue weighted by Crippen LogP contribution is 2.07. The number of carbonyl (C=O) groups excluding carboxylic acids is 1. The second kappa shape index (κ2) is 5.29. The quantitative estimate of drug-likeness (QED) is 0.789. The first-order valence-electron chi connectivity index (χ1n) is 4.99. The summed E-state index contributed by atoms with van der Waals surface area (Å²) in [5.74, 6) is 1.04. The van der Waals surface area contributed by atoms with E-state index in [0.29, 0.717) is 11.9 Å². The van der Waals surface area contributed by atoms with Gasteiger partial charge in [-0.25, -0.2) is 0 Å². The maximum atomic E-state index is 10.7. The second-order valence-corrected chi connectivity index (χ2v) is 3.44. The molecule has 2 N–H and O–H groups in total. The number of amides is 1. The first kappa shape index (κ1) is 11.4. The minimum absolute atomic E-state index is 0.146. The van der Waals surface area contributed by atoms with Crippen molar-refractivity contribution in [2.75, 3.05) is 10.6 Å². The molecule has 5 nitrogen and oxygen atoms in total. The summed E-state index contributed by atoms with van der Waals surface area (Å²) in [5.41, 5.74) is 0. The maximum Gasteiger partial charge on any atom is 0.222 e. The highest BCUT2D eigenvalue weighted by atomic mass is 16.1. The summed E-state index contributed by atoms with van der Waals surface area (Å²) in [7, 11) is 0. The summed E-state index contributed by atoms with van der Waals surface area (Å²) in [4.78, 5) is 10.7. The molecular weight excluding hydrogens is 192 g/mol. The Labute approximate surface area is 89.3 Å². The van der Waals surface area contributed by atoms with Gasteiger partial charge in [-0.3, -0.25) is 4.79 Å². The van der Waals surface area contributed by atoms with E-state index in [9.17, 15) is 4.79 Å². The van der Waals surface area contributed by atoms with Gasteiger partial charge in [-0.2, -0.15) is 0 Å². The van der Waals surface area contributed by atoms with Crippen molar-refractivity contribution in [3.05, 3.63) is 12.1 Å². The van der Waals surface area contributed by atoms with Crippen LogP contribution in [0.15, 0.2) is 12.1 Å². The number of nitrogens with zero attached hydrogens (tertiary/aromatic N) is 2. The van der Waals surface area contributed by atoms with E-state index in [1.54, 1.807) is 12.1 Å². The third-order valence-electron chi connectivity index (χ3n) is 1.98. The van der Waals surface area contributed by atoms with Crippen molar-refractivity contribution in [3.63, 3.8) is 0 Å². The van der Waals surface area contributed by atoms with E-state index >= 15 is 0 Å². The van der Waals surface area contributed by atoms with Crippen LogP contribution in [0.5, 0.6) is 0 Å². The van der Waals surface area contributed by atoms with E-state index in [4.69, 9.17) is 0 Å². The molecule has 82 valence electrons. The van der Waals surface area contributed by atoms with Crippen molar-refractivity contribution in [1.82, 2.24) is 10.2 Å². The largest absolute Gasteiger partial charge is 0.366 e. The van der Waals surface area contributed by atoms with Crippen molar-refractivity contribution in [2.45, 2.75) is 33.2 Å². The molecule has 1 amide bonds. The molecular formula is C10H16N4O. The van der Waals surface area contributed by atoms with E-state index in [-0.39, 0.29) is 5.91 Å². The van der Waals surface area contributed by atoms with E-state index in [0.717, 1.165) is 12.2 Å². The van der Waals surface area contributed by atoms with Crippen LogP contribution in [-0.2, 0) is 4.79 Å².